The summed E-state index contributed by atoms with van der Waals surface area (Å²) in [6.45, 7) is 2.70. The molecule has 0 saturated heterocycles. The summed E-state index contributed by atoms with van der Waals surface area (Å²) in [5.74, 6) is -0.333. The molecule has 0 aromatic heterocycles. The molecule has 0 heterocycles. The Bertz CT molecular complexity index is 657. The Kier molecular flexibility index (Phi) is 4.94. The zero-order valence-corrected chi connectivity index (χ0v) is 11.8. The van der Waals surface area contributed by atoms with Gasteiger partial charge in [0.25, 0.3) is 0 Å². The highest BCUT2D eigenvalue weighted by Crippen LogP contribution is 2.17. The van der Waals surface area contributed by atoms with Crippen molar-refractivity contribution in [1.82, 2.24) is 0 Å². The number of ether oxygens (including phenoxy) is 1. The number of para-hydroxylation sites is 1. The largest absolute Gasteiger partial charge is 0.462 e. The maximum Gasteiger partial charge on any atom is 0.340 e. The maximum atomic E-state index is 11.9. The smallest absolute Gasteiger partial charge is 0.340 e. The van der Waals surface area contributed by atoms with Crippen molar-refractivity contribution in [2.24, 2.45) is 0 Å². The van der Waals surface area contributed by atoms with Gasteiger partial charge in [-0.3, -0.25) is 0 Å². The molecular weight excluding hydrogens is 264 g/mol. The Labute approximate surface area is 124 Å². The zero-order chi connectivity index (χ0) is 15.1. The van der Waals surface area contributed by atoms with E-state index in [2.05, 4.69) is 11.4 Å². The van der Waals surface area contributed by atoms with Crippen molar-refractivity contribution in [1.29, 1.82) is 5.26 Å². The Morgan fingerprint density at radius 3 is 2.57 bits per heavy atom. The van der Waals surface area contributed by atoms with E-state index >= 15 is 0 Å². The Hall–Kier alpha value is -2.80. The van der Waals surface area contributed by atoms with E-state index in [1.165, 1.54) is 0 Å². The van der Waals surface area contributed by atoms with E-state index in [0.717, 1.165) is 11.3 Å². The maximum absolute atomic E-state index is 11.9. The van der Waals surface area contributed by atoms with Crippen molar-refractivity contribution in [3.05, 3.63) is 65.2 Å². The Morgan fingerprint density at radius 2 is 1.90 bits per heavy atom. The molecule has 0 aliphatic heterocycles. The van der Waals surface area contributed by atoms with E-state index in [9.17, 15) is 4.79 Å². The third kappa shape index (κ3) is 3.83. The lowest BCUT2D eigenvalue weighted by Crippen LogP contribution is -2.09. The van der Waals surface area contributed by atoms with Crippen molar-refractivity contribution in [2.45, 2.75) is 13.5 Å². The molecule has 2 rings (SSSR count). The van der Waals surface area contributed by atoms with E-state index < -0.39 is 0 Å². The molecule has 0 bridgehead atoms. The molecule has 0 spiro atoms. The van der Waals surface area contributed by atoms with Gasteiger partial charge in [-0.25, -0.2) is 4.79 Å². The second-order valence-electron chi connectivity index (χ2n) is 4.43. The average Bonchev–Trinajstić information content (AvgIpc) is 2.54. The first-order chi connectivity index (χ1) is 10.2. The lowest BCUT2D eigenvalue weighted by molar-refractivity contribution is 0.0527. The molecule has 0 radical (unpaired) electrons. The van der Waals surface area contributed by atoms with Gasteiger partial charge < -0.3 is 10.1 Å². The lowest BCUT2D eigenvalue weighted by Gasteiger charge is -2.11. The van der Waals surface area contributed by atoms with Crippen LogP contribution in [0.25, 0.3) is 0 Å². The summed E-state index contributed by atoms with van der Waals surface area (Å²) in [7, 11) is 0. The molecule has 0 amide bonds. The van der Waals surface area contributed by atoms with Crippen LogP contribution in [0.2, 0.25) is 0 Å². The van der Waals surface area contributed by atoms with Crippen molar-refractivity contribution < 1.29 is 9.53 Å². The molecule has 21 heavy (non-hydrogen) atoms. The van der Waals surface area contributed by atoms with Crippen LogP contribution in [0.3, 0.4) is 0 Å². The SMILES string of the molecule is CCOC(=O)c1ccccc1NCc1ccc(C#N)cc1. The number of rotatable bonds is 5. The van der Waals surface area contributed by atoms with Gasteiger partial charge in [0.15, 0.2) is 0 Å². The molecule has 2 aromatic rings. The molecule has 4 nitrogen and oxygen atoms in total. The molecule has 2 aromatic carbocycles. The molecule has 0 aliphatic rings. The highest BCUT2D eigenvalue weighted by atomic mass is 16.5. The van der Waals surface area contributed by atoms with Crippen LogP contribution in [0, 0.1) is 11.3 Å². The third-order valence-electron chi connectivity index (χ3n) is 2.99. The first-order valence-corrected chi connectivity index (χ1v) is 6.73. The van der Waals surface area contributed by atoms with E-state index in [4.69, 9.17) is 10.00 Å². The van der Waals surface area contributed by atoms with Crippen molar-refractivity contribution in [3.63, 3.8) is 0 Å². The number of nitriles is 1. The molecule has 0 saturated carbocycles. The van der Waals surface area contributed by atoms with E-state index in [1.54, 1.807) is 31.2 Å². The lowest BCUT2D eigenvalue weighted by atomic mass is 10.1. The molecular formula is C17H16N2O2. The topological polar surface area (TPSA) is 62.1 Å². The number of benzene rings is 2. The number of carbonyl (C=O) groups excluding carboxylic acids is 1. The molecule has 0 aliphatic carbocycles. The van der Waals surface area contributed by atoms with Crippen molar-refractivity contribution >= 4 is 11.7 Å². The van der Waals surface area contributed by atoms with Crippen LogP contribution in [0.15, 0.2) is 48.5 Å². The summed E-state index contributed by atoms with van der Waals surface area (Å²) in [5.41, 5.74) is 2.92. The number of esters is 1. The third-order valence-corrected chi connectivity index (χ3v) is 2.99. The molecule has 0 atom stereocenters. The highest BCUT2D eigenvalue weighted by molar-refractivity contribution is 5.95. The van der Waals surface area contributed by atoms with Gasteiger partial charge in [-0.05, 0) is 36.8 Å². The summed E-state index contributed by atoms with van der Waals surface area (Å²) in [4.78, 5) is 11.9. The monoisotopic (exact) mass is 280 g/mol. The number of carbonyl (C=O) groups is 1. The second-order valence-corrected chi connectivity index (χ2v) is 4.43. The first-order valence-electron chi connectivity index (χ1n) is 6.73. The van der Waals surface area contributed by atoms with Gasteiger partial charge in [-0.1, -0.05) is 24.3 Å². The first kappa shape index (κ1) is 14.6. The number of hydrogen-bond donors (Lipinski definition) is 1. The van der Waals surface area contributed by atoms with Gasteiger partial charge in [0, 0.05) is 12.2 Å². The predicted octanol–water partition coefficient (Wildman–Crippen LogP) is 3.35. The van der Waals surface area contributed by atoms with Crippen molar-refractivity contribution in [2.75, 3.05) is 11.9 Å². The van der Waals surface area contributed by atoms with Gasteiger partial charge in [0.2, 0.25) is 0 Å². The molecule has 0 fully saturated rings. The normalized spacial score (nSPS) is 9.71. The van der Waals surface area contributed by atoms with E-state index in [-0.39, 0.29) is 5.97 Å². The van der Waals surface area contributed by atoms with E-state index in [1.807, 2.05) is 24.3 Å². The second kappa shape index (κ2) is 7.11. The van der Waals surface area contributed by atoms with Crippen LogP contribution >= 0.6 is 0 Å². The molecule has 4 heteroatoms. The number of anilines is 1. The van der Waals surface area contributed by atoms with Crippen LogP contribution < -0.4 is 5.32 Å². The molecule has 106 valence electrons. The summed E-state index contributed by atoms with van der Waals surface area (Å²) >= 11 is 0. The Morgan fingerprint density at radius 1 is 1.19 bits per heavy atom. The standard InChI is InChI=1S/C17H16N2O2/c1-2-21-17(20)15-5-3-4-6-16(15)19-12-14-9-7-13(11-18)8-10-14/h3-10,19H,2,12H2,1H3. The number of hydrogen-bond acceptors (Lipinski definition) is 4. The fraction of sp³-hybridized carbons (Fsp3) is 0.176. The summed E-state index contributed by atoms with van der Waals surface area (Å²) in [6, 6.07) is 16.7. The summed E-state index contributed by atoms with van der Waals surface area (Å²) < 4.78 is 5.04. The highest BCUT2D eigenvalue weighted by Gasteiger charge is 2.11. The van der Waals surface area contributed by atoms with Gasteiger partial charge in [-0.15, -0.1) is 0 Å². The summed E-state index contributed by atoms with van der Waals surface area (Å²) in [6.07, 6.45) is 0. The quantitative estimate of drug-likeness (QED) is 0.853. The van der Waals surface area contributed by atoms with Gasteiger partial charge in [0.05, 0.1) is 23.8 Å². The minimum Gasteiger partial charge on any atom is -0.462 e. The van der Waals surface area contributed by atoms with Crippen LogP contribution in [0.1, 0.15) is 28.4 Å². The minimum absolute atomic E-state index is 0.333. The van der Waals surface area contributed by atoms with Gasteiger partial charge >= 0.3 is 5.97 Å². The van der Waals surface area contributed by atoms with Crippen molar-refractivity contribution in [3.8, 4) is 6.07 Å². The fourth-order valence-electron chi connectivity index (χ4n) is 1.92. The van der Waals surface area contributed by atoms with Gasteiger partial charge in [0.1, 0.15) is 0 Å². The van der Waals surface area contributed by atoms with Crippen LogP contribution in [0.5, 0.6) is 0 Å². The minimum atomic E-state index is -0.333. The van der Waals surface area contributed by atoms with Gasteiger partial charge in [-0.2, -0.15) is 5.26 Å². The zero-order valence-electron chi connectivity index (χ0n) is 11.8. The predicted molar refractivity (Wildman–Crippen MR) is 80.9 cm³/mol. The van der Waals surface area contributed by atoms with Crippen LogP contribution in [-0.2, 0) is 11.3 Å². The van der Waals surface area contributed by atoms with E-state index in [0.29, 0.717) is 24.3 Å². The summed E-state index contributed by atoms with van der Waals surface area (Å²) in [5, 5.41) is 12.0. The van der Waals surface area contributed by atoms with Crippen LogP contribution in [0.4, 0.5) is 5.69 Å². The average molecular weight is 280 g/mol. The fourth-order valence-corrected chi connectivity index (χ4v) is 1.92. The van der Waals surface area contributed by atoms with Crippen LogP contribution in [-0.4, -0.2) is 12.6 Å². The molecule has 1 N–H and O–H groups in total. The number of nitrogens with zero attached hydrogens (tertiary/aromatic N) is 1. The Balaban J connectivity index is 2.09. The number of nitrogens with one attached hydrogen (secondary N) is 1. The molecule has 0 unspecified atom stereocenters.